The van der Waals surface area contributed by atoms with Gasteiger partial charge in [-0.3, -0.25) is 4.79 Å². The summed E-state index contributed by atoms with van der Waals surface area (Å²) in [6.45, 7) is 4.28. The van der Waals surface area contributed by atoms with Crippen LogP contribution >= 0.6 is 0 Å². The lowest BCUT2D eigenvalue weighted by molar-refractivity contribution is -0.135. The van der Waals surface area contributed by atoms with E-state index in [9.17, 15) is 4.79 Å². The predicted octanol–water partition coefficient (Wildman–Crippen LogP) is 3.36. The van der Waals surface area contributed by atoms with Gasteiger partial charge in [-0.05, 0) is 49.7 Å². The molecule has 0 radical (unpaired) electrons. The normalized spacial score (nSPS) is 21.1. The zero-order valence-electron chi connectivity index (χ0n) is 10.5. The molecule has 0 spiro atoms. The SMILES string of the molecule is Cc1ccc(C2(C)CC2)c(OC(=O)C2CC2)c1. The van der Waals surface area contributed by atoms with Crippen molar-refractivity contribution in [1.82, 2.24) is 0 Å². The van der Waals surface area contributed by atoms with E-state index in [0.717, 1.165) is 24.2 Å². The fraction of sp³-hybridized carbons (Fsp3) is 0.533. The van der Waals surface area contributed by atoms with Crippen molar-refractivity contribution >= 4 is 5.97 Å². The Bertz CT molecular complexity index is 468. The zero-order chi connectivity index (χ0) is 12.0. The standard InChI is InChI=1S/C15H18O2/c1-10-3-6-12(15(2)7-8-15)13(9-10)17-14(16)11-4-5-11/h3,6,9,11H,4-5,7-8H2,1-2H3. The number of hydrogen-bond acceptors (Lipinski definition) is 2. The second kappa shape index (κ2) is 3.59. The van der Waals surface area contributed by atoms with Gasteiger partial charge in [0.15, 0.2) is 0 Å². The third kappa shape index (κ3) is 2.08. The van der Waals surface area contributed by atoms with Gasteiger partial charge in [-0.15, -0.1) is 0 Å². The minimum absolute atomic E-state index is 0.0406. The van der Waals surface area contributed by atoms with E-state index in [1.807, 2.05) is 13.0 Å². The van der Waals surface area contributed by atoms with Crippen molar-refractivity contribution in [2.24, 2.45) is 5.92 Å². The summed E-state index contributed by atoms with van der Waals surface area (Å²) in [5.74, 6) is 0.915. The van der Waals surface area contributed by atoms with E-state index in [2.05, 4.69) is 19.1 Å². The van der Waals surface area contributed by atoms with Gasteiger partial charge in [0.2, 0.25) is 0 Å². The molecule has 0 aromatic heterocycles. The van der Waals surface area contributed by atoms with Crippen LogP contribution in [0.5, 0.6) is 5.75 Å². The molecule has 0 N–H and O–H groups in total. The smallest absolute Gasteiger partial charge is 0.314 e. The quantitative estimate of drug-likeness (QED) is 0.588. The summed E-state index contributed by atoms with van der Waals surface area (Å²) in [6.07, 6.45) is 4.39. The highest BCUT2D eigenvalue weighted by atomic mass is 16.5. The Morgan fingerprint density at radius 2 is 2.06 bits per heavy atom. The highest BCUT2D eigenvalue weighted by Gasteiger charge is 2.42. The van der Waals surface area contributed by atoms with Crippen molar-refractivity contribution in [3.63, 3.8) is 0 Å². The van der Waals surface area contributed by atoms with Crippen molar-refractivity contribution < 1.29 is 9.53 Å². The minimum Gasteiger partial charge on any atom is -0.426 e. The van der Waals surface area contributed by atoms with Crippen molar-refractivity contribution in [1.29, 1.82) is 0 Å². The maximum absolute atomic E-state index is 11.8. The van der Waals surface area contributed by atoms with Crippen LogP contribution in [0.4, 0.5) is 0 Å². The first-order valence-corrected chi connectivity index (χ1v) is 6.41. The maximum atomic E-state index is 11.8. The summed E-state index contributed by atoms with van der Waals surface area (Å²) >= 11 is 0. The van der Waals surface area contributed by atoms with Gasteiger partial charge >= 0.3 is 5.97 Å². The molecule has 1 aromatic carbocycles. The Balaban J connectivity index is 1.89. The van der Waals surface area contributed by atoms with Gasteiger partial charge in [0.05, 0.1) is 5.92 Å². The molecule has 2 saturated carbocycles. The Labute approximate surface area is 102 Å². The zero-order valence-corrected chi connectivity index (χ0v) is 10.5. The number of carbonyl (C=O) groups is 1. The Morgan fingerprint density at radius 3 is 2.65 bits per heavy atom. The lowest BCUT2D eigenvalue weighted by Crippen LogP contribution is -2.13. The van der Waals surface area contributed by atoms with E-state index in [4.69, 9.17) is 4.74 Å². The van der Waals surface area contributed by atoms with E-state index in [0.29, 0.717) is 0 Å². The van der Waals surface area contributed by atoms with E-state index >= 15 is 0 Å². The van der Waals surface area contributed by atoms with Crippen LogP contribution in [-0.2, 0) is 10.2 Å². The first-order chi connectivity index (χ1) is 8.08. The van der Waals surface area contributed by atoms with Crippen LogP contribution in [0.2, 0.25) is 0 Å². The van der Waals surface area contributed by atoms with E-state index in [1.54, 1.807) is 0 Å². The molecule has 0 amide bonds. The molecule has 2 aliphatic carbocycles. The van der Waals surface area contributed by atoms with Gasteiger partial charge in [-0.1, -0.05) is 19.1 Å². The lowest BCUT2D eigenvalue weighted by atomic mass is 9.96. The molecule has 0 bridgehead atoms. The van der Waals surface area contributed by atoms with Crippen LogP contribution in [0.25, 0.3) is 0 Å². The second-order valence-corrected chi connectivity index (χ2v) is 5.76. The fourth-order valence-electron chi connectivity index (χ4n) is 2.18. The molecule has 17 heavy (non-hydrogen) atoms. The first-order valence-electron chi connectivity index (χ1n) is 6.41. The summed E-state index contributed by atoms with van der Waals surface area (Å²) in [5, 5.41) is 0. The van der Waals surface area contributed by atoms with Gasteiger partial charge in [-0.25, -0.2) is 0 Å². The molecular formula is C15H18O2. The maximum Gasteiger partial charge on any atom is 0.314 e. The molecule has 2 fully saturated rings. The molecule has 1 aromatic rings. The minimum atomic E-state index is -0.0406. The van der Waals surface area contributed by atoms with Crippen LogP contribution in [0, 0.1) is 12.8 Å². The highest BCUT2D eigenvalue weighted by Crippen LogP contribution is 2.51. The van der Waals surface area contributed by atoms with Crippen LogP contribution in [0.1, 0.15) is 43.7 Å². The van der Waals surface area contributed by atoms with Crippen molar-refractivity contribution in [2.75, 3.05) is 0 Å². The number of esters is 1. The molecule has 2 aliphatic rings. The number of carbonyl (C=O) groups excluding carboxylic acids is 1. The number of aryl methyl sites for hydroxylation is 1. The highest BCUT2D eigenvalue weighted by molar-refractivity contribution is 5.78. The Kier molecular flexibility index (Phi) is 2.29. The van der Waals surface area contributed by atoms with Gasteiger partial charge in [0.25, 0.3) is 0 Å². The predicted molar refractivity (Wildman–Crippen MR) is 66.1 cm³/mol. The Morgan fingerprint density at radius 1 is 1.35 bits per heavy atom. The van der Waals surface area contributed by atoms with E-state index in [-0.39, 0.29) is 17.3 Å². The molecule has 2 nitrogen and oxygen atoms in total. The molecule has 2 heteroatoms. The summed E-state index contributed by atoms with van der Waals surface area (Å²) in [4.78, 5) is 11.8. The molecule has 0 atom stereocenters. The van der Waals surface area contributed by atoms with Gasteiger partial charge < -0.3 is 4.74 Å². The molecule has 0 saturated heterocycles. The number of hydrogen-bond donors (Lipinski definition) is 0. The molecule has 90 valence electrons. The number of ether oxygens (including phenoxy) is 1. The van der Waals surface area contributed by atoms with Crippen molar-refractivity contribution in [2.45, 2.75) is 44.9 Å². The summed E-state index contributed by atoms with van der Waals surface area (Å²) in [6, 6.07) is 6.23. The summed E-state index contributed by atoms with van der Waals surface area (Å²) in [7, 11) is 0. The van der Waals surface area contributed by atoms with Gasteiger partial charge in [0, 0.05) is 5.56 Å². The van der Waals surface area contributed by atoms with Crippen LogP contribution in [-0.4, -0.2) is 5.97 Å². The molecule has 3 rings (SSSR count). The average Bonchev–Trinajstić information content (AvgIpc) is 3.12. The fourth-order valence-corrected chi connectivity index (χ4v) is 2.18. The second-order valence-electron chi connectivity index (χ2n) is 5.76. The third-order valence-corrected chi connectivity index (χ3v) is 3.91. The summed E-state index contributed by atoms with van der Waals surface area (Å²) < 4.78 is 5.58. The average molecular weight is 230 g/mol. The van der Waals surface area contributed by atoms with Crippen LogP contribution in [0.15, 0.2) is 18.2 Å². The largest absolute Gasteiger partial charge is 0.426 e. The van der Waals surface area contributed by atoms with Crippen LogP contribution < -0.4 is 4.74 Å². The van der Waals surface area contributed by atoms with E-state index in [1.165, 1.54) is 18.4 Å². The third-order valence-electron chi connectivity index (χ3n) is 3.91. The number of rotatable bonds is 3. The topological polar surface area (TPSA) is 26.3 Å². The van der Waals surface area contributed by atoms with Crippen molar-refractivity contribution in [3.05, 3.63) is 29.3 Å². The van der Waals surface area contributed by atoms with Gasteiger partial charge in [0.1, 0.15) is 5.75 Å². The molecule has 0 unspecified atom stereocenters. The van der Waals surface area contributed by atoms with Gasteiger partial charge in [-0.2, -0.15) is 0 Å². The summed E-state index contributed by atoms with van der Waals surface area (Å²) in [5.41, 5.74) is 2.60. The molecule has 0 aliphatic heterocycles. The van der Waals surface area contributed by atoms with Crippen molar-refractivity contribution in [3.8, 4) is 5.75 Å². The number of benzene rings is 1. The monoisotopic (exact) mass is 230 g/mol. The van der Waals surface area contributed by atoms with E-state index < -0.39 is 0 Å². The van der Waals surface area contributed by atoms with Crippen LogP contribution in [0.3, 0.4) is 0 Å². The lowest BCUT2D eigenvalue weighted by Gasteiger charge is -2.15. The molecular weight excluding hydrogens is 212 g/mol. The molecule has 0 heterocycles. The first kappa shape index (κ1) is 10.8. The Hall–Kier alpha value is -1.31.